The second kappa shape index (κ2) is 1.87. The first-order chi connectivity index (χ1) is 3.80. The second-order valence-corrected chi connectivity index (χ2v) is 1.89. The molecule has 0 fully saturated rings. The van der Waals surface area contributed by atoms with Crippen LogP contribution in [0.5, 0.6) is 0 Å². The average Bonchev–Trinajstić information content (AvgIpc) is 2.12. The van der Waals surface area contributed by atoms with Crippen LogP contribution >= 0.6 is 11.5 Å². The molecule has 1 aromatic heterocycles. The number of aromatic amines is 1. The highest BCUT2D eigenvalue weighted by atomic mass is 32.1. The van der Waals surface area contributed by atoms with Gasteiger partial charge in [-0.05, 0) is 0 Å². The van der Waals surface area contributed by atoms with Crippen molar-refractivity contribution in [2.45, 2.75) is 0 Å². The molecule has 0 unspecified atom stereocenters. The standard InChI is InChI=1S/C3H2N2O2S/c6-5(7)3-1-4-8-2-3/h1-2H/p+1. The summed E-state index contributed by atoms with van der Waals surface area (Å²) in [4.78, 5) is 9.42. The van der Waals surface area contributed by atoms with Crippen LogP contribution in [0.1, 0.15) is 0 Å². The Morgan fingerprint density at radius 2 is 2.62 bits per heavy atom. The fraction of sp³-hybridized carbons (Fsp3) is 0. The largest absolute Gasteiger partial charge is 0.348 e. The molecule has 0 aromatic carbocycles. The highest BCUT2D eigenvalue weighted by Crippen LogP contribution is 2.06. The van der Waals surface area contributed by atoms with E-state index in [1.807, 2.05) is 0 Å². The van der Waals surface area contributed by atoms with Gasteiger partial charge in [0, 0.05) is 0 Å². The first kappa shape index (κ1) is 5.17. The van der Waals surface area contributed by atoms with E-state index in [-0.39, 0.29) is 5.69 Å². The fourth-order valence-corrected chi connectivity index (χ4v) is 0.850. The van der Waals surface area contributed by atoms with E-state index in [1.54, 1.807) is 0 Å². The molecule has 1 heterocycles. The average molecular weight is 131 g/mol. The zero-order valence-corrected chi connectivity index (χ0v) is 4.64. The lowest BCUT2D eigenvalue weighted by Crippen LogP contribution is -1.88. The summed E-state index contributed by atoms with van der Waals surface area (Å²) in [5.41, 5.74) is 0.120. The van der Waals surface area contributed by atoms with Crippen molar-refractivity contribution in [2.24, 2.45) is 0 Å². The minimum absolute atomic E-state index is 0.120. The molecule has 1 aromatic rings. The lowest BCUT2D eigenvalue weighted by Gasteiger charge is -1.73. The Labute approximate surface area is 49.1 Å². The molecule has 5 heteroatoms. The lowest BCUT2D eigenvalue weighted by molar-refractivity contribution is -0.395. The van der Waals surface area contributed by atoms with Gasteiger partial charge >= 0.3 is 5.69 Å². The molecule has 0 radical (unpaired) electrons. The molecule has 0 aliphatic heterocycles. The van der Waals surface area contributed by atoms with Crippen molar-refractivity contribution in [1.29, 1.82) is 0 Å². The van der Waals surface area contributed by atoms with Crippen LogP contribution in [0.15, 0.2) is 11.6 Å². The van der Waals surface area contributed by atoms with Crippen LogP contribution in [0.4, 0.5) is 5.69 Å². The topological polar surface area (TPSA) is 57.3 Å². The van der Waals surface area contributed by atoms with E-state index in [2.05, 4.69) is 4.37 Å². The van der Waals surface area contributed by atoms with E-state index >= 15 is 0 Å². The van der Waals surface area contributed by atoms with Gasteiger partial charge in [-0.25, -0.2) is 0 Å². The predicted octanol–water partition coefficient (Wildman–Crippen LogP) is 0.470. The van der Waals surface area contributed by atoms with Gasteiger partial charge < -0.3 is 0 Å². The third-order valence-electron chi connectivity index (χ3n) is 0.665. The maximum Gasteiger partial charge on any atom is 0.348 e. The normalized spacial score (nSPS) is 9.00. The summed E-state index contributed by atoms with van der Waals surface area (Å²) in [6, 6.07) is 0. The van der Waals surface area contributed by atoms with Gasteiger partial charge in [0.25, 0.3) is 6.20 Å². The van der Waals surface area contributed by atoms with Crippen molar-refractivity contribution in [2.75, 3.05) is 0 Å². The maximum absolute atomic E-state index is 9.85. The zero-order valence-electron chi connectivity index (χ0n) is 3.83. The molecule has 8 heavy (non-hydrogen) atoms. The molecule has 0 aliphatic rings. The molecule has 0 spiro atoms. The first-order valence-corrected chi connectivity index (χ1v) is 2.77. The zero-order chi connectivity index (χ0) is 5.98. The molecule has 4 nitrogen and oxygen atoms in total. The number of nitrogens with one attached hydrogen (secondary N) is 1. The summed E-state index contributed by atoms with van der Waals surface area (Å²) in [5.74, 6) is 0. The summed E-state index contributed by atoms with van der Waals surface area (Å²) < 4.78 is 2.61. The van der Waals surface area contributed by atoms with Gasteiger partial charge in [0.1, 0.15) is 16.9 Å². The van der Waals surface area contributed by atoms with Gasteiger partial charge in [-0.1, -0.05) is 0 Å². The summed E-state index contributed by atoms with van der Waals surface area (Å²) in [6.07, 6.45) is 1.35. The molecule has 42 valence electrons. The SMILES string of the molecule is O=[N+]([O-])c1c[nH+]sc1. The Balaban J connectivity index is 2.93. The Hall–Kier alpha value is -0.970. The minimum atomic E-state index is -0.438. The van der Waals surface area contributed by atoms with Gasteiger partial charge in [-0.3, -0.25) is 10.1 Å². The van der Waals surface area contributed by atoms with Crippen LogP contribution in [0.3, 0.4) is 0 Å². The van der Waals surface area contributed by atoms with E-state index in [4.69, 9.17) is 0 Å². The smallest absolute Gasteiger partial charge is 0.258 e. The number of nitro groups is 1. The Morgan fingerprint density at radius 1 is 1.88 bits per heavy atom. The number of hydrogen-bond acceptors (Lipinski definition) is 3. The number of aromatic nitrogens is 1. The van der Waals surface area contributed by atoms with Crippen molar-refractivity contribution in [1.82, 2.24) is 0 Å². The second-order valence-electron chi connectivity index (χ2n) is 1.18. The van der Waals surface area contributed by atoms with Crippen LogP contribution in [0.25, 0.3) is 0 Å². The van der Waals surface area contributed by atoms with Crippen molar-refractivity contribution in [3.05, 3.63) is 21.7 Å². The molecule has 1 N–H and O–H groups in total. The summed E-state index contributed by atoms with van der Waals surface area (Å²) in [7, 11) is 0. The van der Waals surface area contributed by atoms with E-state index < -0.39 is 4.92 Å². The molecule has 0 bridgehead atoms. The Morgan fingerprint density at radius 3 is 2.88 bits per heavy atom. The molecule has 0 saturated carbocycles. The van der Waals surface area contributed by atoms with Crippen LogP contribution in [0.2, 0.25) is 0 Å². The van der Waals surface area contributed by atoms with Crippen LogP contribution in [-0.2, 0) is 0 Å². The third-order valence-corrected chi connectivity index (χ3v) is 1.28. The maximum atomic E-state index is 9.85. The summed E-state index contributed by atoms with van der Waals surface area (Å²) >= 11 is 1.20. The first-order valence-electron chi connectivity index (χ1n) is 1.89. The predicted molar refractivity (Wildman–Crippen MR) is 27.5 cm³/mol. The molecule has 1 rings (SSSR count). The monoisotopic (exact) mass is 131 g/mol. The Kier molecular flexibility index (Phi) is 1.21. The van der Waals surface area contributed by atoms with Gasteiger partial charge in [0.2, 0.25) is 0 Å². The van der Waals surface area contributed by atoms with Gasteiger partial charge in [0.15, 0.2) is 0 Å². The van der Waals surface area contributed by atoms with Crippen molar-refractivity contribution < 1.29 is 9.30 Å². The molecular formula is C3H3N2O2S+. The number of hydrogen-bond donors (Lipinski definition) is 0. The van der Waals surface area contributed by atoms with Crippen LogP contribution < -0.4 is 4.37 Å². The van der Waals surface area contributed by atoms with Crippen molar-refractivity contribution >= 4 is 17.2 Å². The van der Waals surface area contributed by atoms with Crippen LogP contribution in [-0.4, -0.2) is 4.92 Å². The summed E-state index contributed by atoms with van der Waals surface area (Å²) in [5, 5.41) is 11.3. The minimum Gasteiger partial charge on any atom is -0.258 e. The third kappa shape index (κ3) is 0.812. The Bertz CT molecular complexity index is 183. The molecule has 0 saturated heterocycles. The fourth-order valence-electron chi connectivity index (χ4n) is 0.319. The highest BCUT2D eigenvalue weighted by molar-refractivity contribution is 6.99. The highest BCUT2D eigenvalue weighted by Gasteiger charge is 2.08. The van der Waals surface area contributed by atoms with Gasteiger partial charge in [-0.2, -0.15) is 0 Å². The number of rotatable bonds is 1. The van der Waals surface area contributed by atoms with Crippen molar-refractivity contribution in [3.8, 4) is 0 Å². The quantitative estimate of drug-likeness (QED) is 0.411. The van der Waals surface area contributed by atoms with Crippen LogP contribution in [0, 0.1) is 10.1 Å². The van der Waals surface area contributed by atoms with E-state index in [1.165, 1.54) is 23.1 Å². The van der Waals surface area contributed by atoms with Crippen molar-refractivity contribution in [3.63, 3.8) is 0 Å². The van der Waals surface area contributed by atoms with E-state index in [9.17, 15) is 10.1 Å². The van der Waals surface area contributed by atoms with E-state index in [0.29, 0.717) is 0 Å². The summed E-state index contributed by atoms with van der Waals surface area (Å²) in [6.45, 7) is 0. The van der Waals surface area contributed by atoms with Gasteiger partial charge in [0.05, 0.1) is 4.92 Å². The number of nitrogens with zero attached hydrogens (tertiary/aromatic N) is 1. The molecular weight excluding hydrogens is 128 g/mol. The van der Waals surface area contributed by atoms with E-state index in [0.717, 1.165) is 0 Å². The molecule has 0 amide bonds. The molecule has 0 aliphatic carbocycles. The van der Waals surface area contributed by atoms with Gasteiger partial charge in [-0.15, -0.1) is 4.37 Å². The molecule has 0 atom stereocenters. The lowest BCUT2D eigenvalue weighted by atomic mass is 10.6. The number of H-pyrrole nitrogens is 1.